The van der Waals surface area contributed by atoms with Crippen LogP contribution in [-0.4, -0.2) is 47.0 Å². The molecule has 1 atom stereocenters. The number of rotatable bonds is 6. The molecule has 26 heavy (non-hydrogen) atoms. The first-order valence-corrected chi connectivity index (χ1v) is 8.71. The molecule has 0 bridgehead atoms. The van der Waals surface area contributed by atoms with Gasteiger partial charge in [-0.2, -0.15) is 0 Å². The van der Waals surface area contributed by atoms with E-state index < -0.39 is 18.6 Å². The molecule has 1 fully saturated rings. The van der Waals surface area contributed by atoms with Crippen LogP contribution in [0.25, 0.3) is 0 Å². The third kappa shape index (κ3) is 5.75. The lowest BCUT2D eigenvalue weighted by molar-refractivity contribution is -0.139. The van der Waals surface area contributed by atoms with E-state index in [-0.39, 0.29) is 17.2 Å². The number of carboxylic acid groups (broad SMARTS) is 1. The molecule has 0 saturated carbocycles. The molecule has 1 aliphatic heterocycles. The van der Waals surface area contributed by atoms with Gasteiger partial charge in [0, 0.05) is 24.7 Å². The van der Waals surface area contributed by atoms with Gasteiger partial charge >= 0.3 is 5.97 Å². The van der Waals surface area contributed by atoms with E-state index in [0.717, 1.165) is 6.42 Å². The van der Waals surface area contributed by atoms with Gasteiger partial charge in [0.15, 0.2) is 6.61 Å². The van der Waals surface area contributed by atoms with E-state index in [1.54, 1.807) is 29.2 Å². The molecular weight excluding hydrogens is 336 g/mol. The SMILES string of the molecule is CC(C)(C)CC(=O)N1CCCC1C(=O)Nc1cccc(OCC(=O)O)c1. The number of aliphatic carboxylic acids is 1. The van der Waals surface area contributed by atoms with Crippen LogP contribution in [0.4, 0.5) is 5.69 Å². The van der Waals surface area contributed by atoms with E-state index >= 15 is 0 Å². The molecule has 1 unspecified atom stereocenters. The van der Waals surface area contributed by atoms with Crippen LogP contribution in [-0.2, 0) is 14.4 Å². The van der Waals surface area contributed by atoms with Gasteiger partial charge in [0.05, 0.1) is 0 Å². The Morgan fingerprint density at radius 3 is 2.69 bits per heavy atom. The molecule has 1 aromatic carbocycles. The minimum absolute atomic E-state index is 0.00584. The molecular formula is C19H26N2O5. The fourth-order valence-electron chi connectivity index (χ4n) is 2.93. The molecule has 142 valence electrons. The number of nitrogens with one attached hydrogen (secondary N) is 1. The highest BCUT2D eigenvalue weighted by atomic mass is 16.5. The minimum Gasteiger partial charge on any atom is -0.482 e. The lowest BCUT2D eigenvalue weighted by Gasteiger charge is -2.27. The molecule has 1 saturated heterocycles. The van der Waals surface area contributed by atoms with Crippen LogP contribution in [0.1, 0.15) is 40.0 Å². The quantitative estimate of drug-likeness (QED) is 0.811. The van der Waals surface area contributed by atoms with Crippen LogP contribution in [0.2, 0.25) is 0 Å². The van der Waals surface area contributed by atoms with Crippen molar-refractivity contribution in [3.05, 3.63) is 24.3 Å². The summed E-state index contributed by atoms with van der Waals surface area (Å²) in [7, 11) is 0. The molecule has 7 nitrogen and oxygen atoms in total. The summed E-state index contributed by atoms with van der Waals surface area (Å²) in [5.41, 5.74) is 0.379. The Morgan fingerprint density at radius 1 is 1.31 bits per heavy atom. The van der Waals surface area contributed by atoms with Crippen molar-refractivity contribution in [3.63, 3.8) is 0 Å². The van der Waals surface area contributed by atoms with Gasteiger partial charge in [-0.25, -0.2) is 4.79 Å². The zero-order valence-electron chi connectivity index (χ0n) is 15.4. The van der Waals surface area contributed by atoms with E-state index in [4.69, 9.17) is 9.84 Å². The highest BCUT2D eigenvalue weighted by molar-refractivity contribution is 5.97. The summed E-state index contributed by atoms with van der Waals surface area (Å²) >= 11 is 0. The molecule has 1 heterocycles. The number of hydrogen-bond donors (Lipinski definition) is 2. The van der Waals surface area contributed by atoms with Crippen molar-refractivity contribution >= 4 is 23.5 Å². The number of carboxylic acids is 1. The Hall–Kier alpha value is -2.57. The highest BCUT2D eigenvalue weighted by Crippen LogP contribution is 2.26. The number of carbonyl (C=O) groups is 3. The predicted molar refractivity (Wildman–Crippen MR) is 97.0 cm³/mol. The maximum atomic E-state index is 12.6. The molecule has 7 heteroatoms. The molecule has 2 amide bonds. The molecule has 1 aliphatic rings. The number of nitrogens with zero attached hydrogens (tertiary/aromatic N) is 1. The second-order valence-electron chi connectivity index (χ2n) is 7.68. The third-order valence-electron chi connectivity index (χ3n) is 4.02. The molecule has 0 radical (unpaired) electrons. The molecule has 0 spiro atoms. The second-order valence-corrected chi connectivity index (χ2v) is 7.68. The zero-order chi connectivity index (χ0) is 19.3. The van der Waals surface area contributed by atoms with Gasteiger partial charge in [-0.15, -0.1) is 0 Å². The van der Waals surface area contributed by atoms with E-state index in [1.165, 1.54) is 0 Å². The standard InChI is InChI=1S/C19H26N2O5/c1-19(2,3)11-16(22)21-9-5-8-15(21)18(25)20-13-6-4-7-14(10-13)26-12-17(23)24/h4,6-7,10,15H,5,8-9,11-12H2,1-3H3,(H,20,25)(H,23,24). The van der Waals surface area contributed by atoms with Gasteiger partial charge in [0.2, 0.25) is 11.8 Å². The van der Waals surface area contributed by atoms with Crippen LogP contribution in [0, 0.1) is 5.41 Å². The maximum absolute atomic E-state index is 12.6. The van der Waals surface area contributed by atoms with Crippen LogP contribution < -0.4 is 10.1 Å². The maximum Gasteiger partial charge on any atom is 0.341 e. The predicted octanol–water partition coefficient (Wildman–Crippen LogP) is 2.52. The monoisotopic (exact) mass is 362 g/mol. The van der Waals surface area contributed by atoms with Crippen LogP contribution >= 0.6 is 0 Å². The van der Waals surface area contributed by atoms with Gasteiger partial charge < -0.3 is 20.1 Å². The van der Waals surface area contributed by atoms with Gasteiger partial charge in [-0.05, 0) is 30.4 Å². The van der Waals surface area contributed by atoms with Crippen molar-refractivity contribution in [2.45, 2.75) is 46.1 Å². The topological polar surface area (TPSA) is 95.9 Å². The second kappa shape index (κ2) is 8.21. The minimum atomic E-state index is -1.07. The number of anilines is 1. The Morgan fingerprint density at radius 2 is 2.04 bits per heavy atom. The van der Waals surface area contributed by atoms with Crippen LogP contribution in [0.15, 0.2) is 24.3 Å². The van der Waals surface area contributed by atoms with E-state index in [1.807, 2.05) is 20.8 Å². The largest absolute Gasteiger partial charge is 0.482 e. The van der Waals surface area contributed by atoms with Gasteiger partial charge in [-0.3, -0.25) is 9.59 Å². The number of benzene rings is 1. The summed E-state index contributed by atoms with van der Waals surface area (Å²) in [4.78, 5) is 37.4. The Labute approximate surface area is 153 Å². The van der Waals surface area contributed by atoms with Crippen molar-refractivity contribution in [2.75, 3.05) is 18.5 Å². The van der Waals surface area contributed by atoms with Crippen LogP contribution in [0.3, 0.4) is 0 Å². The number of carbonyl (C=O) groups excluding carboxylic acids is 2. The van der Waals surface area contributed by atoms with E-state index in [9.17, 15) is 14.4 Å². The normalized spacial score (nSPS) is 17.0. The molecule has 1 aromatic rings. The fourth-order valence-corrected chi connectivity index (χ4v) is 2.93. The number of hydrogen-bond acceptors (Lipinski definition) is 4. The average Bonchev–Trinajstić information content (AvgIpc) is 3.01. The summed E-state index contributed by atoms with van der Waals surface area (Å²) in [5.74, 6) is -0.954. The smallest absolute Gasteiger partial charge is 0.341 e. The number of amides is 2. The van der Waals surface area contributed by atoms with E-state index in [0.29, 0.717) is 30.8 Å². The van der Waals surface area contributed by atoms with Crippen molar-refractivity contribution in [1.82, 2.24) is 4.90 Å². The zero-order valence-corrected chi connectivity index (χ0v) is 15.4. The first-order chi connectivity index (χ1) is 12.2. The van der Waals surface area contributed by atoms with Crippen LogP contribution in [0.5, 0.6) is 5.75 Å². The molecule has 2 rings (SSSR count). The summed E-state index contributed by atoms with van der Waals surface area (Å²) in [6, 6.07) is 6.07. The fraction of sp³-hybridized carbons (Fsp3) is 0.526. The first-order valence-electron chi connectivity index (χ1n) is 8.71. The Kier molecular flexibility index (Phi) is 6.23. The van der Waals surface area contributed by atoms with Crippen molar-refractivity contribution in [1.29, 1.82) is 0 Å². The summed E-state index contributed by atoms with van der Waals surface area (Å²) < 4.78 is 5.11. The number of likely N-dealkylation sites (tertiary alicyclic amines) is 1. The summed E-state index contributed by atoms with van der Waals surface area (Å²) in [6.45, 7) is 6.14. The summed E-state index contributed by atoms with van der Waals surface area (Å²) in [6.07, 6.45) is 1.84. The van der Waals surface area contributed by atoms with Gasteiger partial charge in [-0.1, -0.05) is 26.8 Å². The average molecular weight is 362 g/mol. The summed E-state index contributed by atoms with van der Waals surface area (Å²) in [5, 5.41) is 11.5. The number of ether oxygens (including phenoxy) is 1. The van der Waals surface area contributed by atoms with Crippen molar-refractivity contribution < 1.29 is 24.2 Å². The Bertz CT molecular complexity index is 681. The third-order valence-corrected chi connectivity index (χ3v) is 4.02. The molecule has 0 aliphatic carbocycles. The first kappa shape index (κ1) is 19.8. The Balaban J connectivity index is 2.01. The van der Waals surface area contributed by atoms with Crippen molar-refractivity contribution in [2.24, 2.45) is 5.41 Å². The highest BCUT2D eigenvalue weighted by Gasteiger charge is 2.35. The van der Waals surface area contributed by atoms with Gasteiger partial charge in [0.25, 0.3) is 0 Å². The lowest BCUT2D eigenvalue weighted by atomic mass is 9.91. The van der Waals surface area contributed by atoms with Crippen molar-refractivity contribution in [3.8, 4) is 5.75 Å². The van der Waals surface area contributed by atoms with E-state index in [2.05, 4.69) is 5.32 Å². The van der Waals surface area contributed by atoms with Gasteiger partial charge in [0.1, 0.15) is 11.8 Å². The lowest BCUT2D eigenvalue weighted by Crippen LogP contribution is -2.44. The molecule has 2 N–H and O–H groups in total. The molecule has 0 aromatic heterocycles.